The molecule has 0 saturated heterocycles. The Balaban J connectivity index is 3.05. The number of ether oxygens (including phenoxy) is 1. The first kappa shape index (κ1) is 12.4. The second kappa shape index (κ2) is 4.93. The highest BCUT2D eigenvalue weighted by molar-refractivity contribution is 9.10. The van der Waals surface area contributed by atoms with E-state index in [0.717, 1.165) is 0 Å². The lowest BCUT2D eigenvalue weighted by Crippen LogP contribution is -2.23. The molecule has 0 radical (unpaired) electrons. The second-order valence-corrected chi connectivity index (χ2v) is 3.88. The van der Waals surface area contributed by atoms with Crippen LogP contribution >= 0.6 is 15.9 Å². The first-order valence-electron chi connectivity index (χ1n) is 4.25. The van der Waals surface area contributed by atoms with Gasteiger partial charge in [-0.05, 0) is 13.0 Å². The summed E-state index contributed by atoms with van der Waals surface area (Å²) in [6, 6.07) is 4.09. The number of hydrogen-bond donors (Lipinski definition) is 1. The number of benzene rings is 1. The highest BCUT2D eigenvalue weighted by Crippen LogP contribution is 2.30. The fourth-order valence-corrected chi connectivity index (χ4v) is 1.31. The smallest absolute Gasteiger partial charge is 0.344 e. The van der Waals surface area contributed by atoms with Crippen molar-refractivity contribution in [2.45, 2.75) is 13.0 Å². The molecule has 16 heavy (non-hydrogen) atoms. The molecule has 1 atom stereocenters. The summed E-state index contributed by atoms with van der Waals surface area (Å²) in [7, 11) is 0. The molecule has 0 spiro atoms. The summed E-state index contributed by atoms with van der Waals surface area (Å²) in [5.74, 6) is -1.26. The number of carboxylic acids is 1. The molecule has 1 unspecified atom stereocenters. The van der Waals surface area contributed by atoms with E-state index in [1.807, 2.05) is 0 Å². The summed E-state index contributed by atoms with van der Waals surface area (Å²) in [4.78, 5) is 20.6. The molecule has 0 bridgehead atoms. The normalized spacial score (nSPS) is 11.9. The summed E-state index contributed by atoms with van der Waals surface area (Å²) in [5.41, 5.74) is -0.267. The number of aliphatic carboxylic acids is 1. The fraction of sp³-hybridized carbons (Fsp3) is 0.222. The minimum absolute atomic E-state index is 0.0747. The Kier molecular flexibility index (Phi) is 3.83. The van der Waals surface area contributed by atoms with E-state index < -0.39 is 17.0 Å². The van der Waals surface area contributed by atoms with Gasteiger partial charge in [-0.25, -0.2) is 4.79 Å². The second-order valence-electron chi connectivity index (χ2n) is 2.97. The molecule has 6 nitrogen and oxygen atoms in total. The quantitative estimate of drug-likeness (QED) is 0.678. The molecule has 0 fully saturated rings. The van der Waals surface area contributed by atoms with Gasteiger partial charge in [0.2, 0.25) is 0 Å². The lowest BCUT2D eigenvalue weighted by atomic mass is 10.3. The van der Waals surface area contributed by atoms with Gasteiger partial charge in [-0.15, -0.1) is 0 Å². The first-order valence-corrected chi connectivity index (χ1v) is 5.04. The van der Waals surface area contributed by atoms with Crippen LogP contribution in [0.3, 0.4) is 0 Å². The standard InChI is InChI=1S/C9H8BrNO5/c1-5(9(12)13)16-8-4-6(10)2-3-7(8)11(14)15/h2-5H,1H3,(H,12,13). The minimum Gasteiger partial charge on any atom is -0.479 e. The number of carboxylic acid groups (broad SMARTS) is 1. The van der Waals surface area contributed by atoms with Crippen molar-refractivity contribution in [2.75, 3.05) is 0 Å². The zero-order valence-electron chi connectivity index (χ0n) is 8.21. The van der Waals surface area contributed by atoms with Crippen molar-refractivity contribution in [1.29, 1.82) is 0 Å². The maximum absolute atomic E-state index is 10.6. The zero-order valence-corrected chi connectivity index (χ0v) is 9.80. The van der Waals surface area contributed by atoms with Crippen molar-refractivity contribution in [1.82, 2.24) is 0 Å². The number of hydrogen-bond acceptors (Lipinski definition) is 4. The molecule has 1 aromatic carbocycles. The van der Waals surface area contributed by atoms with Gasteiger partial charge in [0.25, 0.3) is 0 Å². The monoisotopic (exact) mass is 289 g/mol. The Morgan fingerprint density at radius 2 is 2.25 bits per heavy atom. The Morgan fingerprint density at radius 3 is 2.75 bits per heavy atom. The molecule has 0 heterocycles. The van der Waals surface area contributed by atoms with Crippen LogP contribution in [-0.4, -0.2) is 22.1 Å². The molecule has 0 saturated carbocycles. The summed E-state index contributed by atoms with van der Waals surface area (Å²) < 4.78 is 5.55. The molecule has 1 rings (SSSR count). The van der Waals surface area contributed by atoms with Crippen LogP contribution in [0, 0.1) is 10.1 Å². The maximum atomic E-state index is 10.6. The van der Waals surface area contributed by atoms with E-state index in [1.165, 1.54) is 25.1 Å². The van der Waals surface area contributed by atoms with Gasteiger partial charge in [-0.1, -0.05) is 15.9 Å². The molecule has 7 heteroatoms. The molecule has 0 amide bonds. The van der Waals surface area contributed by atoms with Gasteiger partial charge >= 0.3 is 11.7 Å². The highest BCUT2D eigenvalue weighted by atomic mass is 79.9. The van der Waals surface area contributed by atoms with Crippen molar-refractivity contribution >= 4 is 27.6 Å². The SMILES string of the molecule is CC(Oc1cc(Br)ccc1[N+](=O)[O-])C(=O)O. The molecular formula is C9H8BrNO5. The number of nitrogens with zero attached hydrogens (tertiary/aromatic N) is 1. The Labute approximate surface area is 99.1 Å². The van der Waals surface area contributed by atoms with Crippen molar-refractivity contribution in [2.24, 2.45) is 0 Å². The van der Waals surface area contributed by atoms with E-state index in [9.17, 15) is 14.9 Å². The van der Waals surface area contributed by atoms with Crippen LogP contribution in [0.4, 0.5) is 5.69 Å². The van der Waals surface area contributed by atoms with Crippen LogP contribution in [0.5, 0.6) is 5.75 Å². The van der Waals surface area contributed by atoms with Crippen molar-refractivity contribution in [3.8, 4) is 5.75 Å². The van der Waals surface area contributed by atoms with Crippen LogP contribution in [0.15, 0.2) is 22.7 Å². The van der Waals surface area contributed by atoms with Gasteiger partial charge in [0.1, 0.15) is 0 Å². The molecule has 0 aliphatic carbocycles. The van der Waals surface area contributed by atoms with Gasteiger partial charge < -0.3 is 9.84 Å². The van der Waals surface area contributed by atoms with E-state index >= 15 is 0 Å². The number of nitro benzene ring substituents is 1. The van der Waals surface area contributed by atoms with E-state index in [2.05, 4.69) is 15.9 Å². The first-order chi connectivity index (χ1) is 7.41. The Bertz CT molecular complexity index is 434. The van der Waals surface area contributed by atoms with Gasteiger partial charge in [0, 0.05) is 16.6 Å². The number of rotatable bonds is 4. The Hall–Kier alpha value is -1.63. The van der Waals surface area contributed by atoms with Crippen LogP contribution in [0.25, 0.3) is 0 Å². The van der Waals surface area contributed by atoms with Gasteiger partial charge in [0.15, 0.2) is 11.9 Å². The predicted octanol–water partition coefficient (Wildman–Crippen LogP) is 2.21. The van der Waals surface area contributed by atoms with Gasteiger partial charge in [-0.3, -0.25) is 10.1 Å². The fourth-order valence-electron chi connectivity index (χ4n) is 0.974. The molecule has 1 aromatic rings. The summed E-state index contributed by atoms with van der Waals surface area (Å²) >= 11 is 3.12. The molecule has 1 N–H and O–H groups in total. The van der Waals surface area contributed by atoms with Crippen LogP contribution in [0.1, 0.15) is 6.92 Å². The van der Waals surface area contributed by atoms with Crippen LogP contribution < -0.4 is 4.74 Å². The summed E-state index contributed by atoms with van der Waals surface area (Å²) in [5, 5.41) is 19.3. The molecule has 0 aliphatic rings. The minimum atomic E-state index is -1.19. The van der Waals surface area contributed by atoms with Crippen molar-refractivity contribution < 1.29 is 19.6 Å². The molecular weight excluding hydrogens is 282 g/mol. The number of halogens is 1. The molecule has 0 aliphatic heterocycles. The average molecular weight is 290 g/mol. The van der Waals surface area contributed by atoms with E-state index in [0.29, 0.717) is 4.47 Å². The maximum Gasteiger partial charge on any atom is 0.344 e. The van der Waals surface area contributed by atoms with E-state index in [1.54, 1.807) is 0 Å². The largest absolute Gasteiger partial charge is 0.479 e. The highest BCUT2D eigenvalue weighted by Gasteiger charge is 2.20. The zero-order chi connectivity index (χ0) is 12.3. The van der Waals surface area contributed by atoms with E-state index in [-0.39, 0.29) is 11.4 Å². The average Bonchev–Trinajstić information content (AvgIpc) is 2.16. The summed E-state index contributed by atoms with van der Waals surface area (Å²) in [6.07, 6.45) is -1.15. The molecule has 0 aromatic heterocycles. The van der Waals surface area contributed by atoms with Crippen molar-refractivity contribution in [3.63, 3.8) is 0 Å². The third-order valence-corrected chi connectivity index (χ3v) is 2.26. The molecule has 86 valence electrons. The predicted molar refractivity (Wildman–Crippen MR) is 58.5 cm³/mol. The van der Waals surface area contributed by atoms with E-state index in [4.69, 9.17) is 9.84 Å². The lowest BCUT2D eigenvalue weighted by Gasteiger charge is -2.10. The third-order valence-electron chi connectivity index (χ3n) is 1.77. The van der Waals surface area contributed by atoms with Gasteiger partial charge in [0.05, 0.1) is 4.92 Å². The summed E-state index contributed by atoms with van der Waals surface area (Å²) in [6.45, 7) is 1.30. The van der Waals surface area contributed by atoms with Crippen molar-refractivity contribution in [3.05, 3.63) is 32.8 Å². The number of carbonyl (C=O) groups is 1. The van der Waals surface area contributed by atoms with Crippen LogP contribution in [0.2, 0.25) is 0 Å². The Morgan fingerprint density at radius 1 is 1.62 bits per heavy atom. The topological polar surface area (TPSA) is 89.7 Å². The lowest BCUT2D eigenvalue weighted by molar-refractivity contribution is -0.386. The number of nitro groups is 1. The van der Waals surface area contributed by atoms with Gasteiger partial charge in [-0.2, -0.15) is 0 Å². The third kappa shape index (κ3) is 2.93. The van der Waals surface area contributed by atoms with Crippen LogP contribution in [-0.2, 0) is 4.79 Å².